The largest absolute Gasteiger partial charge is 0.417 e. The monoisotopic (exact) mass is 430 g/mol. The molecule has 0 radical (unpaired) electrons. The summed E-state index contributed by atoms with van der Waals surface area (Å²) in [6, 6.07) is 21.6. The fourth-order valence-electron chi connectivity index (χ4n) is 6.14. The Morgan fingerprint density at radius 3 is 1.68 bits per heavy atom. The maximum atomic E-state index is 6.82. The minimum absolute atomic E-state index is 0.127. The van der Waals surface area contributed by atoms with Crippen molar-refractivity contribution in [2.45, 2.75) is 70.5 Å². The molecule has 0 saturated heterocycles. The third-order valence-corrected chi connectivity index (χ3v) is 13.1. The molecule has 1 nitrogen and oxygen atoms in total. The second-order valence-electron chi connectivity index (χ2n) is 9.36. The van der Waals surface area contributed by atoms with Crippen molar-refractivity contribution < 1.29 is 4.43 Å². The Bertz CT molecular complexity index is 883. The second kappa shape index (κ2) is 9.30. The van der Waals surface area contributed by atoms with Crippen LogP contribution in [0.2, 0.25) is 18.1 Å². The number of benzene rings is 2. The third kappa shape index (κ3) is 3.89. The molecule has 0 N–H and O–H groups in total. The van der Waals surface area contributed by atoms with E-state index in [9.17, 15) is 0 Å². The van der Waals surface area contributed by atoms with Gasteiger partial charge in [0.2, 0.25) is 0 Å². The lowest BCUT2D eigenvalue weighted by Crippen LogP contribution is -2.39. The van der Waals surface area contributed by atoms with Crippen LogP contribution in [0.3, 0.4) is 0 Å². The van der Waals surface area contributed by atoms with Crippen LogP contribution < -0.4 is 0 Å². The van der Waals surface area contributed by atoms with Gasteiger partial charge in [0.1, 0.15) is 0 Å². The molecule has 0 aromatic heterocycles. The highest BCUT2D eigenvalue weighted by Crippen LogP contribution is 2.57. The molecule has 0 aliphatic heterocycles. The van der Waals surface area contributed by atoms with E-state index < -0.39 is 8.32 Å². The van der Waals surface area contributed by atoms with Crippen LogP contribution in [0.15, 0.2) is 60.7 Å². The van der Waals surface area contributed by atoms with Crippen LogP contribution in [0, 0.1) is 5.41 Å². The summed E-state index contributed by atoms with van der Waals surface area (Å²) in [7, 11) is -1.59. The molecule has 2 heteroatoms. The van der Waals surface area contributed by atoms with Gasteiger partial charge < -0.3 is 4.43 Å². The van der Waals surface area contributed by atoms with Crippen molar-refractivity contribution in [3.05, 3.63) is 82.9 Å². The number of hydrogen-bond donors (Lipinski definition) is 0. The molecule has 31 heavy (non-hydrogen) atoms. The van der Waals surface area contributed by atoms with Gasteiger partial charge in [-0.25, -0.2) is 0 Å². The van der Waals surface area contributed by atoms with Crippen LogP contribution in [0.25, 0.3) is 12.2 Å². The highest BCUT2D eigenvalue weighted by Gasteiger charge is 2.46. The molecule has 0 heterocycles. The summed E-state index contributed by atoms with van der Waals surface area (Å²) >= 11 is 0. The number of hydrogen-bond acceptors (Lipinski definition) is 1. The topological polar surface area (TPSA) is 9.23 Å². The summed E-state index contributed by atoms with van der Waals surface area (Å²) in [6.07, 6.45) is 11.9. The summed E-state index contributed by atoms with van der Waals surface area (Å²) in [4.78, 5) is 0. The van der Waals surface area contributed by atoms with E-state index in [0.717, 1.165) is 19.4 Å². The first-order valence-corrected chi connectivity index (χ1v) is 14.8. The fraction of sp³-hybridized carbons (Fsp3) is 0.448. The molecule has 2 aliphatic rings. The van der Waals surface area contributed by atoms with Gasteiger partial charge in [-0.1, -0.05) is 101 Å². The van der Waals surface area contributed by atoms with Gasteiger partial charge in [-0.3, -0.25) is 0 Å². The smallest absolute Gasteiger partial charge is 0.191 e. The molecule has 0 saturated carbocycles. The average molecular weight is 431 g/mol. The molecule has 2 unspecified atom stereocenters. The van der Waals surface area contributed by atoms with Crippen molar-refractivity contribution in [2.24, 2.45) is 5.41 Å². The first-order chi connectivity index (χ1) is 15.1. The van der Waals surface area contributed by atoms with Crippen LogP contribution >= 0.6 is 0 Å². The molecular formula is C29H38OSi. The molecule has 0 bridgehead atoms. The van der Waals surface area contributed by atoms with Crippen LogP contribution in [0.5, 0.6) is 0 Å². The lowest BCUT2D eigenvalue weighted by atomic mass is 9.60. The predicted molar refractivity (Wildman–Crippen MR) is 137 cm³/mol. The number of allylic oxidation sites excluding steroid dienone is 2. The number of fused-ring (bicyclic) bond motifs is 2. The highest BCUT2D eigenvalue weighted by molar-refractivity contribution is 6.73. The van der Waals surface area contributed by atoms with Crippen molar-refractivity contribution in [3.63, 3.8) is 0 Å². The van der Waals surface area contributed by atoms with E-state index in [1.807, 2.05) is 0 Å². The Hall–Kier alpha value is -1.90. The second-order valence-corrected chi connectivity index (χ2v) is 14.1. The van der Waals surface area contributed by atoms with Gasteiger partial charge >= 0.3 is 0 Å². The maximum Gasteiger partial charge on any atom is 0.191 e. The molecule has 2 aromatic carbocycles. The molecular weight excluding hydrogens is 392 g/mol. The van der Waals surface area contributed by atoms with Crippen LogP contribution in [-0.4, -0.2) is 14.9 Å². The van der Waals surface area contributed by atoms with Crippen molar-refractivity contribution in [2.75, 3.05) is 6.61 Å². The first-order valence-electron chi connectivity index (χ1n) is 12.3. The van der Waals surface area contributed by atoms with E-state index in [4.69, 9.17) is 4.43 Å². The lowest BCUT2D eigenvalue weighted by Gasteiger charge is -2.44. The Kier molecular flexibility index (Phi) is 6.69. The quantitative estimate of drug-likeness (QED) is 0.344. The van der Waals surface area contributed by atoms with Crippen molar-refractivity contribution >= 4 is 20.5 Å². The van der Waals surface area contributed by atoms with Crippen molar-refractivity contribution in [1.82, 2.24) is 0 Å². The van der Waals surface area contributed by atoms with Crippen molar-refractivity contribution in [3.8, 4) is 0 Å². The average Bonchev–Trinajstić information content (AvgIpc) is 3.46. The first kappa shape index (κ1) is 22.3. The Morgan fingerprint density at radius 1 is 0.742 bits per heavy atom. The number of rotatable bonds is 10. The Balaban J connectivity index is 1.71. The normalized spacial score (nSPS) is 21.2. The highest BCUT2D eigenvalue weighted by atomic mass is 28.4. The van der Waals surface area contributed by atoms with E-state index in [1.54, 1.807) is 0 Å². The molecule has 4 rings (SSSR count). The van der Waals surface area contributed by atoms with Crippen molar-refractivity contribution in [1.29, 1.82) is 0 Å². The molecule has 2 aliphatic carbocycles. The van der Waals surface area contributed by atoms with Gasteiger partial charge in [-0.05, 0) is 58.6 Å². The predicted octanol–water partition coefficient (Wildman–Crippen LogP) is 8.42. The van der Waals surface area contributed by atoms with E-state index in [-0.39, 0.29) is 5.41 Å². The molecule has 2 atom stereocenters. The van der Waals surface area contributed by atoms with Crippen LogP contribution in [0.1, 0.15) is 74.6 Å². The summed E-state index contributed by atoms with van der Waals surface area (Å²) in [6.45, 7) is 10.3. The molecule has 0 fully saturated rings. The van der Waals surface area contributed by atoms with Crippen LogP contribution in [-0.2, 0) is 4.43 Å². The lowest BCUT2D eigenvalue weighted by molar-refractivity contribution is 0.145. The Morgan fingerprint density at radius 2 is 1.23 bits per heavy atom. The summed E-state index contributed by atoms with van der Waals surface area (Å²) in [5.41, 5.74) is 5.89. The minimum atomic E-state index is -1.59. The SMILES string of the molecule is CCC(CCO[Si](CC)(CC)CC)(C1C=Cc2ccccc21)C1C=Cc2ccccc21. The van der Waals surface area contributed by atoms with Gasteiger partial charge in [0.05, 0.1) is 0 Å². The fourth-order valence-corrected chi connectivity index (χ4v) is 8.78. The van der Waals surface area contributed by atoms with Gasteiger partial charge in [-0.2, -0.15) is 0 Å². The van der Waals surface area contributed by atoms with Gasteiger partial charge in [-0.15, -0.1) is 0 Å². The van der Waals surface area contributed by atoms with E-state index in [1.165, 1.54) is 40.4 Å². The van der Waals surface area contributed by atoms with E-state index >= 15 is 0 Å². The molecule has 164 valence electrons. The van der Waals surface area contributed by atoms with E-state index in [2.05, 4.69) is 101 Å². The van der Waals surface area contributed by atoms with Crippen LogP contribution in [0.4, 0.5) is 0 Å². The summed E-state index contributed by atoms with van der Waals surface area (Å²) in [5, 5.41) is 0. The summed E-state index contributed by atoms with van der Waals surface area (Å²) < 4.78 is 6.82. The molecule has 0 amide bonds. The third-order valence-electron chi connectivity index (χ3n) is 8.40. The minimum Gasteiger partial charge on any atom is -0.417 e. The zero-order valence-electron chi connectivity index (χ0n) is 19.7. The van der Waals surface area contributed by atoms with Gasteiger partial charge in [0, 0.05) is 18.4 Å². The molecule has 0 spiro atoms. The van der Waals surface area contributed by atoms with E-state index in [0.29, 0.717) is 11.8 Å². The zero-order chi connectivity index (χ0) is 21.9. The summed E-state index contributed by atoms with van der Waals surface area (Å²) in [5.74, 6) is 0.859. The Labute approximate surface area is 190 Å². The standard InChI is InChI=1S/C29H38OSi/c1-5-29(21-22-30-31(6-2,7-3)8-4,27-19-17-23-13-9-11-15-25(23)27)28-20-18-24-14-10-12-16-26(24)28/h9-20,27-28H,5-8,21-22H2,1-4H3. The van der Waals surface area contributed by atoms with Gasteiger partial charge in [0.25, 0.3) is 0 Å². The molecule has 2 aromatic rings. The van der Waals surface area contributed by atoms with Gasteiger partial charge in [0.15, 0.2) is 8.32 Å². The zero-order valence-corrected chi connectivity index (χ0v) is 20.7. The maximum absolute atomic E-state index is 6.82.